The first kappa shape index (κ1) is 15.0. The van der Waals surface area contributed by atoms with Gasteiger partial charge in [0, 0.05) is 19.7 Å². The van der Waals surface area contributed by atoms with Gasteiger partial charge in [0.25, 0.3) is 0 Å². The summed E-state index contributed by atoms with van der Waals surface area (Å²) in [6, 6.07) is 14.4. The third-order valence-corrected chi connectivity index (χ3v) is 4.33. The van der Waals surface area contributed by atoms with E-state index in [1.165, 1.54) is 10.2 Å². The quantitative estimate of drug-likeness (QED) is 0.644. The monoisotopic (exact) mass is 324 g/mol. The molecule has 1 fully saturated rings. The number of nitrogens with zero attached hydrogens (tertiary/aromatic N) is 6. The summed E-state index contributed by atoms with van der Waals surface area (Å²) in [5.41, 5.74) is 2.03. The second kappa shape index (κ2) is 6.92. The van der Waals surface area contributed by atoms with Crippen LogP contribution in [0.5, 0.6) is 0 Å². The zero-order chi connectivity index (χ0) is 16.2. The van der Waals surface area contributed by atoms with Gasteiger partial charge in [-0.3, -0.25) is 0 Å². The molecule has 0 N–H and O–H groups in total. The Balaban J connectivity index is 1.25. The lowest BCUT2D eigenvalue weighted by atomic mass is 10.1. The second-order valence-corrected chi connectivity index (χ2v) is 6.03. The fourth-order valence-electron chi connectivity index (χ4n) is 3.05. The fourth-order valence-corrected chi connectivity index (χ4v) is 3.05. The molecule has 3 heterocycles. The van der Waals surface area contributed by atoms with Gasteiger partial charge in [-0.15, -0.1) is 14.8 Å². The van der Waals surface area contributed by atoms with E-state index in [1.54, 1.807) is 0 Å². The highest BCUT2D eigenvalue weighted by molar-refractivity contribution is 5.45. The first-order valence-electron chi connectivity index (χ1n) is 8.34. The van der Waals surface area contributed by atoms with Crippen molar-refractivity contribution in [3.8, 4) is 0 Å². The predicted octanol–water partition coefficient (Wildman–Crippen LogP) is 1.75. The molecule has 0 bridgehead atoms. The van der Waals surface area contributed by atoms with Crippen LogP contribution in [0.1, 0.15) is 18.4 Å². The summed E-state index contributed by atoms with van der Waals surface area (Å²) in [5.74, 6) is 0.894. The van der Waals surface area contributed by atoms with Crippen molar-refractivity contribution in [3.63, 3.8) is 0 Å². The van der Waals surface area contributed by atoms with Crippen LogP contribution in [0.4, 0.5) is 5.82 Å². The topological polar surface area (TPSA) is 68.4 Å². The zero-order valence-electron chi connectivity index (χ0n) is 13.5. The van der Waals surface area contributed by atoms with E-state index in [9.17, 15) is 0 Å². The molecule has 0 aliphatic carbocycles. The molecule has 0 radical (unpaired) electrons. The van der Waals surface area contributed by atoms with E-state index in [-0.39, 0.29) is 6.10 Å². The van der Waals surface area contributed by atoms with E-state index in [4.69, 9.17) is 4.74 Å². The molecule has 0 saturated carbocycles. The van der Waals surface area contributed by atoms with Crippen molar-refractivity contribution < 1.29 is 4.74 Å². The molecule has 2 aromatic heterocycles. The number of fused-ring (bicyclic) bond motifs is 1. The molecule has 0 amide bonds. The first-order valence-corrected chi connectivity index (χ1v) is 8.34. The molecule has 1 saturated heterocycles. The van der Waals surface area contributed by atoms with Crippen LogP contribution in [0, 0.1) is 0 Å². The number of hydrogen-bond acceptors (Lipinski definition) is 6. The van der Waals surface area contributed by atoms with Crippen molar-refractivity contribution in [1.82, 2.24) is 25.3 Å². The van der Waals surface area contributed by atoms with Gasteiger partial charge in [0.2, 0.25) is 0 Å². The minimum absolute atomic E-state index is 0.271. The highest BCUT2D eigenvalue weighted by atomic mass is 16.5. The maximum absolute atomic E-state index is 6.03. The van der Waals surface area contributed by atoms with Crippen molar-refractivity contribution in [2.75, 3.05) is 24.6 Å². The Bertz CT molecular complexity index is 790. The van der Waals surface area contributed by atoms with Gasteiger partial charge >= 0.3 is 0 Å². The molecule has 1 unspecified atom stereocenters. The fraction of sp³-hybridized carbons (Fsp3) is 0.412. The molecule has 24 heavy (non-hydrogen) atoms. The average molecular weight is 324 g/mol. The summed E-state index contributed by atoms with van der Waals surface area (Å²) in [5, 5.41) is 15.8. The highest BCUT2D eigenvalue weighted by Crippen LogP contribution is 2.20. The van der Waals surface area contributed by atoms with Gasteiger partial charge in [-0.2, -0.15) is 0 Å². The Morgan fingerprint density at radius 1 is 1.12 bits per heavy atom. The van der Waals surface area contributed by atoms with Crippen LogP contribution < -0.4 is 4.90 Å². The van der Waals surface area contributed by atoms with Gasteiger partial charge in [-0.05, 0) is 47.4 Å². The predicted molar refractivity (Wildman–Crippen MR) is 89.9 cm³/mol. The molecule has 0 spiro atoms. The molecule has 124 valence electrons. The number of anilines is 1. The Labute approximate surface area is 140 Å². The third kappa shape index (κ3) is 3.35. The van der Waals surface area contributed by atoms with Crippen molar-refractivity contribution in [2.45, 2.75) is 25.4 Å². The zero-order valence-corrected chi connectivity index (χ0v) is 13.5. The molecular weight excluding hydrogens is 304 g/mol. The first-order chi connectivity index (χ1) is 11.9. The van der Waals surface area contributed by atoms with Crippen molar-refractivity contribution in [3.05, 3.63) is 48.0 Å². The standard InChI is InChI=1S/C17H20N6O/c1-2-5-14(6-3-1)7-4-12-24-15-10-11-22(13-15)17-9-8-16-18-20-21-23(16)19-17/h1-3,5-6,8-9,15H,4,7,10-13H2. The summed E-state index contributed by atoms with van der Waals surface area (Å²) < 4.78 is 7.49. The number of aromatic nitrogens is 5. The van der Waals surface area contributed by atoms with Gasteiger partial charge < -0.3 is 9.64 Å². The van der Waals surface area contributed by atoms with Crippen LogP contribution in [0.15, 0.2) is 42.5 Å². The third-order valence-electron chi connectivity index (χ3n) is 4.33. The van der Waals surface area contributed by atoms with Crippen LogP contribution in [-0.4, -0.2) is 51.1 Å². The summed E-state index contributed by atoms with van der Waals surface area (Å²) in [6.07, 6.45) is 3.41. The summed E-state index contributed by atoms with van der Waals surface area (Å²) in [7, 11) is 0. The van der Waals surface area contributed by atoms with E-state index < -0.39 is 0 Å². The van der Waals surface area contributed by atoms with Crippen LogP contribution in [-0.2, 0) is 11.2 Å². The second-order valence-electron chi connectivity index (χ2n) is 6.03. The maximum Gasteiger partial charge on any atom is 0.200 e. The SMILES string of the molecule is c1ccc(CCCOC2CCN(c3ccc4nnnn4n3)C2)cc1. The number of benzene rings is 1. The van der Waals surface area contributed by atoms with Crippen molar-refractivity contribution >= 4 is 11.5 Å². The van der Waals surface area contributed by atoms with E-state index in [2.05, 4.69) is 49.8 Å². The van der Waals surface area contributed by atoms with Crippen LogP contribution >= 0.6 is 0 Å². The van der Waals surface area contributed by atoms with Gasteiger partial charge in [0.1, 0.15) is 0 Å². The Morgan fingerprint density at radius 3 is 2.96 bits per heavy atom. The van der Waals surface area contributed by atoms with Crippen LogP contribution in [0.3, 0.4) is 0 Å². The molecule has 1 atom stereocenters. The van der Waals surface area contributed by atoms with Crippen LogP contribution in [0.2, 0.25) is 0 Å². The lowest BCUT2D eigenvalue weighted by Gasteiger charge is -2.17. The smallest absolute Gasteiger partial charge is 0.200 e. The van der Waals surface area contributed by atoms with E-state index in [1.807, 2.05) is 18.2 Å². The number of ether oxygens (including phenoxy) is 1. The summed E-state index contributed by atoms with van der Waals surface area (Å²) >= 11 is 0. The molecule has 1 aliphatic rings. The van der Waals surface area contributed by atoms with Gasteiger partial charge in [0.05, 0.1) is 6.10 Å². The summed E-state index contributed by atoms with van der Waals surface area (Å²) in [6.45, 7) is 2.61. The minimum atomic E-state index is 0.271. The van der Waals surface area contributed by atoms with Gasteiger partial charge in [-0.25, -0.2) is 0 Å². The molecule has 1 aromatic carbocycles. The number of aryl methyl sites for hydroxylation is 1. The lowest BCUT2D eigenvalue weighted by Crippen LogP contribution is -2.24. The molecule has 7 nitrogen and oxygen atoms in total. The Kier molecular flexibility index (Phi) is 4.33. The van der Waals surface area contributed by atoms with E-state index >= 15 is 0 Å². The Hall–Kier alpha value is -2.54. The molecule has 3 aromatic rings. The molecule has 4 rings (SSSR count). The Morgan fingerprint density at radius 2 is 2.04 bits per heavy atom. The normalized spacial score (nSPS) is 17.7. The number of rotatable bonds is 6. The van der Waals surface area contributed by atoms with E-state index in [0.717, 1.165) is 44.8 Å². The largest absolute Gasteiger partial charge is 0.376 e. The number of tetrazole rings is 1. The van der Waals surface area contributed by atoms with Gasteiger partial charge in [0.15, 0.2) is 11.5 Å². The average Bonchev–Trinajstić information content (AvgIpc) is 3.28. The number of hydrogen-bond donors (Lipinski definition) is 0. The van der Waals surface area contributed by atoms with Crippen molar-refractivity contribution in [2.24, 2.45) is 0 Å². The van der Waals surface area contributed by atoms with Gasteiger partial charge in [-0.1, -0.05) is 30.3 Å². The molecule has 1 aliphatic heterocycles. The minimum Gasteiger partial charge on any atom is -0.376 e. The lowest BCUT2D eigenvalue weighted by molar-refractivity contribution is 0.0666. The molecule has 7 heteroatoms. The van der Waals surface area contributed by atoms with Crippen LogP contribution in [0.25, 0.3) is 5.65 Å². The van der Waals surface area contributed by atoms with Crippen molar-refractivity contribution in [1.29, 1.82) is 0 Å². The molecular formula is C17H20N6O. The van der Waals surface area contributed by atoms with E-state index in [0.29, 0.717) is 5.65 Å². The maximum atomic E-state index is 6.03. The highest BCUT2D eigenvalue weighted by Gasteiger charge is 2.24. The summed E-state index contributed by atoms with van der Waals surface area (Å²) in [4.78, 5) is 2.23.